The van der Waals surface area contributed by atoms with E-state index >= 15 is 0 Å². The largest absolute Gasteiger partial charge is 0.386 e. The number of ether oxygens (including phenoxy) is 1. The molecule has 1 fully saturated rings. The van der Waals surface area contributed by atoms with Crippen molar-refractivity contribution in [3.63, 3.8) is 0 Å². The lowest BCUT2D eigenvalue weighted by atomic mass is 10.0. The van der Waals surface area contributed by atoms with Crippen molar-refractivity contribution >= 4 is 0 Å². The summed E-state index contributed by atoms with van der Waals surface area (Å²) in [6.45, 7) is 2.95. The molecule has 0 bridgehead atoms. The summed E-state index contributed by atoms with van der Waals surface area (Å²) < 4.78 is 18.7. The number of morpholine rings is 1. The number of halogens is 1. The van der Waals surface area contributed by atoms with Crippen LogP contribution in [0.5, 0.6) is 0 Å². The van der Waals surface area contributed by atoms with E-state index in [1.165, 1.54) is 17.7 Å². The first-order valence-electron chi connectivity index (χ1n) is 7.54. The summed E-state index contributed by atoms with van der Waals surface area (Å²) >= 11 is 0. The third-order valence-corrected chi connectivity index (χ3v) is 3.99. The first-order chi connectivity index (χ1) is 10.7. The summed E-state index contributed by atoms with van der Waals surface area (Å²) in [4.78, 5) is 2.27. The Balaban J connectivity index is 1.63. The fraction of sp³-hybridized carbons (Fsp3) is 0.333. The second kappa shape index (κ2) is 7.01. The average Bonchev–Trinajstić information content (AvgIpc) is 2.56. The first kappa shape index (κ1) is 15.2. The number of aliphatic hydroxyl groups excluding tert-OH is 1. The van der Waals surface area contributed by atoms with Gasteiger partial charge in [0.15, 0.2) is 0 Å². The van der Waals surface area contributed by atoms with Crippen LogP contribution >= 0.6 is 0 Å². The van der Waals surface area contributed by atoms with Gasteiger partial charge in [0.25, 0.3) is 0 Å². The number of nitrogens with zero attached hydrogens (tertiary/aromatic N) is 1. The van der Waals surface area contributed by atoms with Gasteiger partial charge in [-0.3, -0.25) is 4.90 Å². The number of hydrogen-bond donors (Lipinski definition) is 1. The molecule has 4 heteroatoms. The molecule has 0 radical (unpaired) electrons. The van der Waals surface area contributed by atoms with Gasteiger partial charge in [-0.1, -0.05) is 42.5 Å². The van der Waals surface area contributed by atoms with E-state index in [4.69, 9.17) is 4.74 Å². The highest BCUT2D eigenvalue weighted by Gasteiger charge is 2.27. The topological polar surface area (TPSA) is 32.7 Å². The normalized spacial score (nSPS) is 20.7. The van der Waals surface area contributed by atoms with Gasteiger partial charge in [-0.2, -0.15) is 0 Å². The van der Waals surface area contributed by atoms with Crippen LogP contribution in [-0.2, 0) is 11.3 Å². The van der Waals surface area contributed by atoms with E-state index in [1.807, 2.05) is 18.2 Å². The predicted octanol–water partition coefficient (Wildman–Crippen LogP) is 2.76. The van der Waals surface area contributed by atoms with E-state index in [1.54, 1.807) is 12.1 Å². The minimum Gasteiger partial charge on any atom is -0.386 e. The van der Waals surface area contributed by atoms with Gasteiger partial charge in [0.05, 0.1) is 6.61 Å². The van der Waals surface area contributed by atoms with E-state index in [0.29, 0.717) is 18.7 Å². The van der Waals surface area contributed by atoms with Gasteiger partial charge in [0.1, 0.15) is 18.0 Å². The molecule has 1 N–H and O–H groups in total. The summed E-state index contributed by atoms with van der Waals surface area (Å²) in [7, 11) is 0. The van der Waals surface area contributed by atoms with Crippen LogP contribution in [-0.4, -0.2) is 35.8 Å². The van der Waals surface area contributed by atoms with Crippen molar-refractivity contribution in [2.24, 2.45) is 0 Å². The molecule has 0 spiro atoms. The smallest absolute Gasteiger partial charge is 0.123 e. The Morgan fingerprint density at radius 2 is 1.86 bits per heavy atom. The third-order valence-electron chi connectivity index (χ3n) is 3.99. The minimum atomic E-state index is -0.737. The molecular formula is C18H20FNO2. The van der Waals surface area contributed by atoms with Crippen LogP contribution in [0.2, 0.25) is 0 Å². The number of rotatable bonds is 4. The van der Waals surface area contributed by atoms with Crippen molar-refractivity contribution in [2.75, 3.05) is 19.7 Å². The summed E-state index contributed by atoms with van der Waals surface area (Å²) in [5.74, 6) is -0.300. The molecule has 0 amide bonds. The molecule has 22 heavy (non-hydrogen) atoms. The molecule has 2 atom stereocenters. The average molecular weight is 301 g/mol. The van der Waals surface area contributed by atoms with Crippen LogP contribution in [0.3, 0.4) is 0 Å². The van der Waals surface area contributed by atoms with Gasteiger partial charge in [0.2, 0.25) is 0 Å². The Hall–Kier alpha value is -1.75. The molecule has 0 saturated carbocycles. The maximum atomic E-state index is 13.0. The first-order valence-corrected chi connectivity index (χ1v) is 7.54. The van der Waals surface area contributed by atoms with Crippen molar-refractivity contribution in [3.05, 3.63) is 71.5 Å². The molecule has 3 nitrogen and oxygen atoms in total. The lowest BCUT2D eigenvalue weighted by molar-refractivity contribution is -0.0919. The van der Waals surface area contributed by atoms with Gasteiger partial charge in [-0.15, -0.1) is 0 Å². The summed E-state index contributed by atoms with van der Waals surface area (Å²) in [6.07, 6.45) is -1.03. The molecule has 0 aromatic heterocycles. The van der Waals surface area contributed by atoms with E-state index in [2.05, 4.69) is 17.0 Å². The summed E-state index contributed by atoms with van der Waals surface area (Å²) in [5, 5.41) is 10.4. The molecule has 116 valence electrons. The van der Waals surface area contributed by atoms with Crippen molar-refractivity contribution in [3.8, 4) is 0 Å². The van der Waals surface area contributed by atoms with Crippen LogP contribution in [0.4, 0.5) is 4.39 Å². The Morgan fingerprint density at radius 3 is 2.59 bits per heavy atom. The standard InChI is InChI=1S/C18H20FNO2/c19-16-8-6-15(7-9-16)18(21)17-13-20(10-11-22-17)12-14-4-2-1-3-5-14/h1-9,17-18,21H,10-13H2. The van der Waals surface area contributed by atoms with Gasteiger partial charge >= 0.3 is 0 Å². The maximum Gasteiger partial charge on any atom is 0.123 e. The minimum absolute atomic E-state index is 0.289. The SMILES string of the molecule is OC(c1ccc(F)cc1)C1CN(Cc2ccccc2)CCO1. The molecule has 1 aliphatic rings. The highest BCUT2D eigenvalue weighted by atomic mass is 19.1. The van der Waals surface area contributed by atoms with Gasteiger partial charge in [-0.25, -0.2) is 4.39 Å². The number of aliphatic hydroxyl groups is 1. The zero-order chi connectivity index (χ0) is 15.4. The molecule has 1 aliphatic heterocycles. The fourth-order valence-corrected chi connectivity index (χ4v) is 2.78. The van der Waals surface area contributed by atoms with Gasteiger partial charge in [0, 0.05) is 19.6 Å². The predicted molar refractivity (Wildman–Crippen MR) is 82.8 cm³/mol. The molecule has 1 heterocycles. The van der Waals surface area contributed by atoms with Crippen molar-refractivity contribution in [1.29, 1.82) is 0 Å². The van der Waals surface area contributed by atoms with Crippen molar-refractivity contribution < 1.29 is 14.2 Å². The highest BCUT2D eigenvalue weighted by Crippen LogP contribution is 2.23. The van der Waals surface area contributed by atoms with Crippen LogP contribution in [0.25, 0.3) is 0 Å². The molecule has 1 saturated heterocycles. The zero-order valence-corrected chi connectivity index (χ0v) is 12.4. The van der Waals surface area contributed by atoms with Gasteiger partial charge in [-0.05, 0) is 23.3 Å². The van der Waals surface area contributed by atoms with Crippen LogP contribution in [0.1, 0.15) is 17.2 Å². The Labute approximate surface area is 130 Å². The van der Waals surface area contributed by atoms with Gasteiger partial charge < -0.3 is 9.84 Å². The molecule has 3 rings (SSSR count). The molecule has 2 aromatic carbocycles. The van der Waals surface area contributed by atoms with E-state index < -0.39 is 6.10 Å². The monoisotopic (exact) mass is 301 g/mol. The van der Waals surface area contributed by atoms with E-state index in [9.17, 15) is 9.50 Å². The van der Waals surface area contributed by atoms with E-state index in [-0.39, 0.29) is 11.9 Å². The van der Waals surface area contributed by atoms with Crippen LogP contribution < -0.4 is 0 Å². The molecule has 2 unspecified atom stereocenters. The fourth-order valence-electron chi connectivity index (χ4n) is 2.78. The maximum absolute atomic E-state index is 13.0. The number of hydrogen-bond acceptors (Lipinski definition) is 3. The van der Waals surface area contributed by atoms with Crippen LogP contribution in [0, 0.1) is 5.82 Å². The lowest BCUT2D eigenvalue weighted by Crippen LogP contribution is -2.44. The summed E-state index contributed by atoms with van der Waals surface area (Å²) in [6, 6.07) is 16.2. The van der Waals surface area contributed by atoms with Crippen molar-refractivity contribution in [2.45, 2.75) is 18.8 Å². The van der Waals surface area contributed by atoms with Crippen LogP contribution in [0.15, 0.2) is 54.6 Å². The summed E-state index contributed by atoms with van der Waals surface area (Å²) in [5.41, 5.74) is 1.94. The third kappa shape index (κ3) is 3.71. The second-order valence-corrected chi connectivity index (χ2v) is 5.63. The van der Waals surface area contributed by atoms with E-state index in [0.717, 1.165) is 13.1 Å². The van der Waals surface area contributed by atoms with Crippen molar-refractivity contribution in [1.82, 2.24) is 4.90 Å². The molecule has 0 aliphatic carbocycles. The Morgan fingerprint density at radius 1 is 1.14 bits per heavy atom. The second-order valence-electron chi connectivity index (χ2n) is 5.63. The highest BCUT2D eigenvalue weighted by molar-refractivity contribution is 5.20. The molecular weight excluding hydrogens is 281 g/mol. The quantitative estimate of drug-likeness (QED) is 0.942. The molecule has 2 aromatic rings. The Bertz CT molecular complexity index is 588. The Kier molecular flexibility index (Phi) is 4.83. The number of benzene rings is 2. The zero-order valence-electron chi connectivity index (χ0n) is 12.4. The lowest BCUT2D eigenvalue weighted by Gasteiger charge is -2.35.